The molecule has 1 N–H and O–H groups in total. The van der Waals surface area contributed by atoms with Gasteiger partial charge in [-0.25, -0.2) is 4.90 Å². The molecule has 4 rings (SSSR count). The van der Waals surface area contributed by atoms with Crippen molar-refractivity contribution in [3.8, 4) is 17.0 Å². The molecule has 0 aliphatic carbocycles. The topological polar surface area (TPSA) is 79.2 Å². The maximum atomic E-state index is 13.1. The molecule has 0 saturated heterocycles. The number of rotatable bonds is 4. The maximum Gasteiger partial charge on any atom is 0.325 e. The van der Waals surface area contributed by atoms with Crippen LogP contribution in [0.2, 0.25) is 0 Å². The first-order valence-corrected chi connectivity index (χ1v) is 10.5. The molecule has 1 amide bonds. The van der Waals surface area contributed by atoms with Crippen LogP contribution in [-0.4, -0.2) is 29.4 Å². The first kappa shape index (κ1) is 19.2. The Morgan fingerprint density at radius 3 is 2.69 bits per heavy atom. The summed E-state index contributed by atoms with van der Waals surface area (Å²) in [6.45, 7) is 1.82. The average molecular weight is 409 g/mol. The van der Waals surface area contributed by atoms with Crippen LogP contribution >= 0.6 is 11.8 Å². The molecule has 2 heterocycles. The highest BCUT2D eigenvalue weighted by molar-refractivity contribution is 7.98. The van der Waals surface area contributed by atoms with Gasteiger partial charge in [0.25, 0.3) is 6.17 Å². The minimum atomic E-state index is -0.642. The molecule has 0 bridgehead atoms. The summed E-state index contributed by atoms with van der Waals surface area (Å²) >= 11 is 1.34. The molecule has 148 valence electrons. The third-order valence-electron chi connectivity index (χ3n) is 4.94. The lowest BCUT2D eigenvalue weighted by Gasteiger charge is -2.32. The molecule has 0 spiro atoms. The van der Waals surface area contributed by atoms with E-state index in [1.54, 1.807) is 16.7 Å². The number of H-pyrrole nitrogens is 1. The van der Waals surface area contributed by atoms with Crippen LogP contribution in [-0.2, 0) is 4.79 Å². The molecule has 29 heavy (non-hydrogen) atoms. The van der Waals surface area contributed by atoms with Gasteiger partial charge in [-0.05, 0) is 35.2 Å². The molecule has 1 unspecified atom stereocenters. The Hall–Kier alpha value is -3.13. The second-order valence-corrected chi connectivity index (χ2v) is 7.30. The molecule has 1 atom stereocenters. The van der Waals surface area contributed by atoms with Gasteiger partial charge in [0.15, 0.2) is 0 Å². The number of carbonyl (C=O) groups excluding carboxylic acids is 1. The zero-order chi connectivity index (χ0) is 20.5. The standard InChI is InChI=1S/C21H20N4O3S/c1-4-17(26)24-15-11-7-5-9-13(15)18-19(27)22-21(29-3)23-25(18)20(24)14-10-6-8-12-16(14)28-2/h5-12,20H,4H2,1-3H3/p+1. The number of benzene rings is 2. The summed E-state index contributed by atoms with van der Waals surface area (Å²) in [7, 11) is 1.59. The SMILES string of the molecule is CCC(=O)N1c2ccccc2-c2c(=O)[nH]c(SC)n[n+]2C1c1ccccc1OC. The van der Waals surface area contributed by atoms with E-state index in [2.05, 4.69) is 10.1 Å². The number of thioether (sulfide) groups is 1. The highest BCUT2D eigenvalue weighted by Crippen LogP contribution is 2.39. The van der Waals surface area contributed by atoms with Crippen LogP contribution in [0.15, 0.2) is 58.5 Å². The minimum Gasteiger partial charge on any atom is -0.496 e. The number of ether oxygens (including phenoxy) is 1. The van der Waals surface area contributed by atoms with E-state index in [0.29, 0.717) is 34.3 Å². The van der Waals surface area contributed by atoms with E-state index in [0.717, 1.165) is 5.56 Å². The van der Waals surface area contributed by atoms with Gasteiger partial charge in [-0.2, -0.15) is 0 Å². The molecule has 1 aliphatic rings. The predicted octanol–water partition coefficient (Wildman–Crippen LogP) is 2.76. The summed E-state index contributed by atoms with van der Waals surface area (Å²) in [5.74, 6) is 0.552. The van der Waals surface area contributed by atoms with Gasteiger partial charge >= 0.3 is 11.3 Å². The molecule has 1 aliphatic heterocycles. The summed E-state index contributed by atoms with van der Waals surface area (Å²) < 4.78 is 7.22. The molecule has 8 heteroatoms. The van der Waals surface area contributed by atoms with Crippen molar-refractivity contribution in [3.05, 3.63) is 64.4 Å². The normalized spacial score (nSPS) is 14.9. The van der Waals surface area contributed by atoms with Crippen molar-refractivity contribution in [2.45, 2.75) is 24.7 Å². The van der Waals surface area contributed by atoms with Gasteiger partial charge in [-0.15, -0.1) is 0 Å². The third kappa shape index (κ3) is 3.09. The number of hydrogen-bond donors (Lipinski definition) is 1. The fourth-order valence-corrected chi connectivity index (χ4v) is 4.03. The Kier molecular flexibility index (Phi) is 5.10. The smallest absolute Gasteiger partial charge is 0.325 e. The second-order valence-electron chi connectivity index (χ2n) is 6.51. The number of anilines is 1. The zero-order valence-electron chi connectivity index (χ0n) is 16.4. The first-order valence-electron chi connectivity index (χ1n) is 9.25. The van der Waals surface area contributed by atoms with Crippen molar-refractivity contribution in [2.24, 2.45) is 0 Å². The van der Waals surface area contributed by atoms with Crippen LogP contribution in [0, 0.1) is 0 Å². The van der Waals surface area contributed by atoms with Crippen LogP contribution in [0.1, 0.15) is 25.1 Å². The Bertz CT molecular complexity index is 1140. The molecular weight excluding hydrogens is 388 g/mol. The van der Waals surface area contributed by atoms with Crippen molar-refractivity contribution >= 4 is 23.4 Å². The molecule has 1 aromatic heterocycles. The fourth-order valence-electron chi connectivity index (χ4n) is 3.66. The number of para-hydroxylation sites is 2. The Balaban J connectivity index is 2.11. The Labute approximate surface area is 172 Å². The van der Waals surface area contributed by atoms with Gasteiger partial charge in [0.1, 0.15) is 5.75 Å². The summed E-state index contributed by atoms with van der Waals surface area (Å²) in [5, 5.41) is 5.14. The summed E-state index contributed by atoms with van der Waals surface area (Å²) in [5.41, 5.74) is 2.26. The van der Waals surface area contributed by atoms with E-state index >= 15 is 0 Å². The number of carbonyl (C=O) groups is 1. The number of methoxy groups -OCH3 is 1. The first-order chi connectivity index (χ1) is 14.1. The number of nitrogens with one attached hydrogen (secondary N) is 1. The number of fused-ring (bicyclic) bond motifs is 3. The average Bonchev–Trinajstić information content (AvgIpc) is 2.77. The van der Waals surface area contributed by atoms with Crippen LogP contribution in [0.5, 0.6) is 5.75 Å². The van der Waals surface area contributed by atoms with Gasteiger partial charge in [-0.1, -0.05) is 43.0 Å². The van der Waals surface area contributed by atoms with Gasteiger partial charge in [0, 0.05) is 11.5 Å². The lowest BCUT2D eigenvalue weighted by Crippen LogP contribution is -2.60. The summed E-state index contributed by atoms with van der Waals surface area (Å²) in [6.07, 6.45) is 1.51. The summed E-state index contributed by atoms with van der Waals surface area (Å²) in [4.78, 5) is 30.7. The van der Waals surface area contributed by atoms with Crippen LogP contribution < -0.4 is 19.9 Å². The fraction of sp³-hybridized carbons (Fsp3) is 0.238. The van der Waals surface area contributed by atoms with Crippen LogP contribution in [0.25, 0.3) is 11.3 Å². The van der Waals surface area contributed by atoms with E-state index in [1.165, 1.54) is 11.8 Å². The molecule has 3 aromatic rings. The van der Waals surface area contributed by atoms with Crippen LogP contribution in [0.3, 0.4) is 0 Å². The number of amides is 1. The monoisotopic (exact) mass is 409 g/mol. The lowest BCUT2D eigenvalue weighted by atomic mass is 10.0. The van der Waals surface area contributed by atoms with Crippen LogP contribution in [0.4, 0.5) is 5.69 Å². The van der Waals surface area contributed by atoms with Gasteiger partial charge in [0.2, 0.25) is 11.1 Å². The Morgan fingerprint density at radius 1 is 1.24 bits per heavy atom. The van der Waals surface area contributed by atoms with E-state index in [9.17, 15) is 9.59 Å². The molecule has 7 nitrogen and oxygen atoms in total. The molecule has 2 aromatic carbocycles. The quantitative estimate of drug-likeness (QED) is 0.530. The number of aromatic nitrogens is 3. The van der Waals surface area contributed by atoms with Crippen molar-refractivity contribution in [1.82, 2.24) is 10.1 Å². The Morgan fingerprint density at radius 2 is 1.97 bits per heavy atom. The molecule has 0 fully saturated rings. The summed E-state index contributed by atoms with van der Waals surface area (Å²) in [6, 6.07) is 14.9. The maximum absolute atomic E-state index is 13.1. The predicted molar refractivity (Wildman–Crippen MR) is 111 cm³/mol. The minimum absolute atomic E-state index is 0.0701. The van der Waals surface area contributed by atoms with E-state index in [4.69, 9.17) is 4.74 Å². The van der Waals surface area contributed by atoms with E-state index in [-0.39, 0.29) is 11.5 Å². The van der Waals surface area contributed by atoms with Crippen molar-refractivity contribution in [2.75, 3.05) is 18.3 Å². The zero-order valence-corrected chi connectivity index (χ0v) is 17.2. The number of hydrogen-bond acceptors (Lipinski definition) is 5. The van der Waals surface area contributed by atoms with E-state index in [1.807, 2.05) is 61.7 Å². The third-order valence-corrected chi connectivity index (χ3v) is 5.51. The van der Waals surface area contributed by atoms with Gasteiger partial charge < -0.3 is 4.74 Å². The van der Waals surface area contributed by atoms with Crippen molar-refractivity contribution in [1.29, 1.82) is 0 Å². The highest BCUT2D eigenvalue weighted by Gasteiger charge is 2.46. The van der Waals surface area contributed by atoms with Gasteiger partial charge in [0.05, 0.1) is 23.9 Å². The molecule has 0 radical (unpaired) electrons. The van der Waals surface area contributed by atoms with Gasteiger partial charge in [-0.3, -0.25) is 14.6 Å². The second kappa shape index (κ2) is 7.71. The van der Waals surface area contributed by atoms with Crippen molar-refractivity contribution in [3.63, 3.8) is 0 Å². The highest BCUT2D eigenvalue weighted by atomic mass is 32.2. The van der Waals surface area contributed by atoms with E-state index < -0.39 is 6.17 Å². The van der Waals surface area contributed by atoms with Crippen molar-refractivity contribution < 1.29 is 14.2 Å². The lowest BCUT2D eigenvalue weighted by molar-refractivity contribution is -0.763. The molecular formula is C21H21N4O3S+. The number of aromatic amines is 1. The largest absolute Gasteiger partial charge is 0.496 e. The molecule has 0 saturated carbocycles. The number of nitrogens with zero attached hydrogens (tertiary/aromatic N) is 3.